The number of rotatable bonds is 9. The van der Waals surface area contributed by atoms with Crippen LogP contribution in [-0.4, -0.2) is 81.1 Å². The van der Waals surface area contributed by atoms with Crippen LogP contribution in [0.3, 0.4) is 0 Å². The monoisotopic (exact) mass is 624 g/mol. The first-order valence-corrected chi connectivity index (χ1v) is 16.0. The number of aliphatic hydroxyl groups is 1. The Balaban J connectivity index is 1.69. The normalized spacial score (nSPS) is 18.7. The predicted molar refractivity (Wildman–Crippen MR) is 151 cm³/mol. The second-order valence-electron chi connectivity index (χ2n) is 10.3. The fourth-order valence-electron chi connectivity index (χ4n) is 4.71. The molecule has 15 heteroatoms. The summed E-state index contributed by atoms with van der Waals surface area (Å²) >= 11 is 0. The van der Waals surface area contributed by atoms with Crippen molar-refractivity contribution in [1.29, 1.82) is 0 Å². The molecule has 3 atom stereocenters. The summed E-state index contributed by atoms with van der Waals surface area (Å²) < 4.78 is 80.7. The van der Waals surface area contributed by atoms with Gasteiger partial charge in [0.1, 0.15) is 23.4 Å². The third kappa shape index (κ3) is 6.28. The number of ether oxygens (including phenoxy) is 1. The Kier molecular flexibility index (Phi) is 8.97. The lowest BCUT2D eigenvalue weighted by molar-refractivity contribution is 0.0387. The number of carbonyl (C=O) groups is 1. The molecule has 0 fully saturated rings. The van der Waals surface area contributed by atoms with E-state index in [1.54, 1.807) is 13.8 Å². The Labute approximate surface area is 244 Å². The Morgan fingerprint density at radius 1 is 1.17 bits per heavy atom. The molecule has 1 aliphatic heterocycles. The largest absolute Gasteiger partial charge is 0.488 e. The minimum Gasteiger partial charge on any atom is -0.488 e. The highest BCUT2D eigenvalue weighted by Gasteiger charge is 2.36. The SMILES string of the molecule is Cc1noc(C)c1S(=O)(=O)Nc1ccc2c(c1)C(=O)N([C@@H](C)CO)C[C@@H](C)[C@H](CN(C)S(=O)(=O)c1ccc(F)cc1)O2. The summed E-state index contributed by atoms with van der Waals surface area (Å²) in [5, 5.41) is 13.6. The first-order chi connectivity index (χ1) is 19.6. The summed E-state index contributed by atoms with van der Waals surface area (Å²) in [6.45, 7) is 6.08. The summed E-state index contributed by atoms with van der Waals surface area (Å²) in [5.41, 5.74) is 0.267. The molecule has 0 saturated heterocycles. The highest BCUT2D eigenvalue weighted by molar-refractivity contribution is 7.92. The van der Waals surface area contributed by atoms with E-state index in [9.17, 15) is 31.1 Å². The molecule has 1 aliphatic rings. The molecular weight excluding hydrogens is 591 g/mol. The zero-order valence-corrected chi connectivity index (χ0v) is 25.4. The molecule has 1 amide bonds. The van der Waals surface area contributed by atoms with Crippen molar-refractivity contribution in [2.45, 2.75) is 49.6 Å². The molecule has 0 saturated carbocycles. The number of sulfonamides is 2. The number of carbonyl (C=O) groups excluding carboxylic acids is 1. The van der Waals surface area contributed by atoms with Crippen LogP contribution in [0.2, 0.25) is 0 Å². The van der Waals surface area contributed by atoms with E-state index in [1.165, 1.54) is 56.1 Å². The van der Waals surface area contributed by atoms with Crippen molar-refractivity contribution in [3.8, 4) is 5.75 Å². The standard InChI is InChI=1S/C27H33FN4O8S2/c1-16-13-32(17(2)15-33)27(34)23-12-21(30-41(35,36)26-18(3)29-40-19(26)4)8-11-24(23)39-25(16)14-31(5)42(37,38)22-9-6-20(28)7-10-22/h6-12,16-17,25,30,33H,13-15H2,1-5H3/t16-,17+,25+/m1/s1. The molecule has 0 radical (unpaired) electrons. The maximum absolute atomic E-state index is 13.7. The number of amides is 1. The Bertz CT molecular complexity index is 1660. The van der Waals surface area contributed by atoms with Crippen LogP contribution in [0.5, 0.6) is 5.75 Å². The molecule has 0 aliphatic carbocycles. The summed E-state index contributed by atoms with van der Waals surface area (Å²) in [4.78, 5) is 14.9. The van der Waals surface area contributed by atoms with Crippen LogP contribution in [0, 0.1) is 25.6 Å². The number of aromatic nitrogens is 1. The molecule has 42 heavy (non-hydrogen) atoms. The maximum Gasteiger partial charge on any atom is 0.267 e. The third-order valence-corrected chi connectivity index (χ3v) is 10.6. The van der Waals surface area contributed by atoms with Crippen LogP contribution < -0.4 is 9.46 Å². The van der Waals surface area contributed by atoms with Gasteiger partial charge in [-0.05, 0) is 63.2 Å². The molecule has 0 bridgehead atoms. The van der Waals surface area contributed by atoms with Crippen molar-refractivity contribution in [2.24, 2.45) is 5.92 Å². The van der Waals surface area contributed by atoms with Crippen molar-refractivity contribution in [2.75, 3.05) is 31.5 Å². The average Bonchev–Trinajstić information content (AvgIpc) is 3.28. The summed E-state index contributed by atoms with van der Waals surface area (Å²) in [7, 11) is -6.74. The average molecular weight is 625 g/mol. The second kappa shape index (κ2) is 12.0. The van der Waals surface area contributed by atoms with Crippen molar-refractivity contribution < 1.29 is 40.4 Å². The van der Waals surface area contributed by atoms with Gasteiger partial charge in [-0.1, -0.05) is 12.1 Å². The number of nitrogens with one attached hydrogen (secondary N) is 1. The van der Waals surface area contributed by atoms with Crippen LogP contribution in [0.4, 0.5) is 10.1 Å². The van der Waals surface area contributed by atoms with Crippen molar-refractivity contribution >= 4 is 31.6 Å². The van der Waals surface area contributed by atoms with Gasteiger partial charge in [-0.25, -0.2) is 21.2 Å². The minimum atomic E-state index is -4.12. The number of halogens is 1. The van der Waals surface area contributed by atoms with Gasteiger partial charge in [-0.15, -0.1) is 0 Å². The van der Waals surface area contributed by atoms with Gasteiger partial charge in [0.15, 0.2) is 10.7 Å². The Hall–Kier alpha value is -3.53. The molecule has 0 unspecified atom stereocenters. The van der Waals surface area contributed by atoms with Gasteiger partial charge >= 0.3 is 0 Å². The minimum absolute atomic E-state index is 0.0233. The Morgan fingerprint density at radius 2 is 1.83 bits per heavy atom. The van der Waals surface area contributed by atoms with E-state index in [2.05, 4.69) is 9.88 Å². The lowest BCUT2D eigenvalue weighted by Gasteiger charge is -2.38. The van der Waals surface area contributed by atoms with E-state index in [1.807, 2.05) is 0 Å². The fraction of sp³-hybridized carbons (Fsp3) is 0.407. The fourth-order valence-corrected chi connectivity index (χ4v) is 7.27. The van der Waals surface area contributed by atoms with Crippen LogP contribution >= 0.6 is 0 Å². The molecule has 3 aromatic rings. The second-order valence-corrected chi connectivity index (χ2v) is 14.0. The number of nitrogens with zero attached hydrogens (tertiary/aromatic N) is 3. The lowest BCUT2D eigenvalue weighted by Crippen LogP contribution is -2.50. The van der Waals surface area contributed by atoms with Crippen LogP contribution in [0.25, 0.3) is 0 Å². The molecule has 2 aromatic carbocycles. The molecule has 0 spiro atoms. The van der Waals surface area contributed by atoms with Crippen LogP contribution in [0.1, 0.15) is 35.7 Å². The lowest BCUT2D eigenvalue weighted by atomic mass is 9.99. The van der Waals surface area contributed by atoms with Crippen molar-refractivity contribution in [1.82, 2.24) is 14.4 Å². The van der Waals surface area contributed by atoms with Crippen LogP contribution in [0.15, 0.2) is 56.8 Å². The first kappa shape index (κ1) is 31.4. The third-order valence-electron chi connectivity index (χ3n) is 7.11. The van der Waals surface area contributed by atoms with E-state index in [-0.39, 0.29) is 63.9 Å². The molecule has 1 aromatic heterocycles. The smallest absolute Gasteiger partial charge is 0.267 e. The zero-order valence-electron chi connectivity index (χ0n) is 23.7. The predicted octanol–water partition coefficient (Wildman–Crippen LogP) is 2.77. The number of likely N-dealkylation sites (N-methyl/N-ethyl adjacent to an activating group) is 1. The van der Waals surface area contributed by atoms with Gasteiger partial charge in [0.25, 0.3) is 15.9 Å². The van der Waals surface area contributed by atoms with Gasteiger partial charge in [0, 0.05) is 25.2 Å². The molecule has 4 rings (SSSR count). The first-order valence-electron chi connectivity index (χ1n) is 13.1. The van der Waals surface area contributed by atoms with E-state index in [0.29, 0.717) is 0 Å². The topological polar surface area (TPSA) is 159 Å². The van der Waals surface area contributed by atoms with E-state index >= 15 is 0 Å². The maximum atomic E-state index is 13.7. The molecule has 12 nitrogen and oxygen atoms in total. The summed E-state index contributed by atoms with van der Waals surface area (Å²) in [6.07, 6.45) is -0.754. The number of benzene rings is 2. The highest BCUT2D eigenvalue weighted by atomic mass is 32.2. The van der Waals surface area contributed by atoms with Crippen molar-refractivity contribution in [3.05, 3.63) is 65.3 Å². The van der Waals surface area contributed by atoms with Gasteiger partial charge in [-0.2, -0.15) is 4.31 Å². The number of hydrogen-bond donors (Lipinski definition) is 2. The molecular formula is C27H33FN4O8S2. The van der Waals surface area contributed by atoms with E-state index in [4.69, 9.17) is 9.26 Å². The number of anilines is 1. The number of fused-ring (bicyclic) bond motifs is 1. The molecule has 2 heterocycles. The number of aryl methyl sites for hydroxylation is 2. The summed E-state index contributed by atoms with van der Waals surface area (Å²) in [6, 6.07) is 8.04. The van der Waals surface area contributed by atoms with Gasteiger partial charge in [0.05, 0.1) is 29.7 Å². The zero-order chi connectivity index (χ0) is 31.0. The van der Waals surface area contributed by atoms with E-state index in [0.717, 1.165) is 16.4 Å². The van der Waals surface area contributed by atoms with Crippen LogP contribution in [-0.2, 0) is 20.0 Å². The molecule has 228 valence electrons. The van der Waals surface area contributed by atoms with Gasteiger partial charge in [0.2, 0.25) is 10.0 Å². The van der Waals surface area contributed by atoms with Gasteiger partial charge in [-0.3, -0.25) is 9.52 Å². The quantitative estimate of drug-likeness (QED) is 0.365. The number of hydrogen-bond acceptors (Lipinski definition) is 9. The Morgan fingerprint density at radius 3 is 2.43 bits per heavy atom. The summed E-state index contributed by atoms with van der Waals surface area (Å²) in [5.74, 6) is -1.24. The van der Waals surface area contributed by atoms with Gasteiger partial charge < -0.3 is 19.3 Å². The highest BCUT2D eigenvalue weighted by Crippen LogP contribution is 2.32. The number of aliphatic hydroxyl groups excluding tert-OH is 1. The van der Waals surface area contributed by atoms with Crippen molar-refractivity contribution in [3.63, 3.8) is 0 Å². The molecule has 2 N–H and O–H groups in total. The van der Waals surface area contributed by atoms with E-state index < -0.39 is 43.9 Å².